The Morgan fingerprint density at radius 3 is 2.76 bits per heavy atom. The first-order valence-electron chi connectivity index (χ1n) is 9.29. The highest BCUT2D eigenvalue weighted by Gasteiger charge is 2.24. The van der Waals surface area contributed by atoms with E-state index in [1.54, 1.807) is 36.2 Å². The summed E-state index contributed by atoms with van der Waals surface area (Å²) in [4.78, 5) is 36.3. The average Bonchev–Trinajstić information content (AvgIpc) is 3.16. The number of anilines is 1. The number of benzene rings is 1. The van der Waals surface area contributed by atoms with Crippen LogP contribution in [0.1, 0.15) is 26.6 Å². The number of carbonyl (C=O) groups is 2. The van der Waals surface area contributed by atoms with Gasteiger partial charge in [0.2, 0.25) is 5.91 Å². The molecule has 8 heteroatoms. The van der Waals surface area contributed by atoms with Crippen molar-refractivity contribution in [3.05, 3.63) is 76.6 Å². The average molecular weight is 425 g/mol. The lowest BCUT2D eigenvalue weighted by Gasteiger charge is -2.26. The summed E-state index contributed by atoms with van der Waals surface area (Å²) in [6.07, 6.45) is 2.29. The zero-order valence-electron chi connectivity index (χ0n) is 15.7. The van der Waals surface area contributed by atoms with Crippen molar-refractivity contribution in [1.29, 1.82) is 0 Å². The van der Waals surface area contributed by atoms with E-state index in [0.717, 1.165) is 16.3 Å². The number of fused-ring (bicyclic) bond motifs is 1. The molecule has 0 aliphatic carbocycles. The third-order valence-corrected chi connectivity index (χ3v) is 6.53. The van der Waals surface area contributed by atoms with Gasteiger partial charge >= 0.3 is 0 Å². The zero-order chi connectivity index (χ0) is 20.1. The van der Waals surface area contributed by atoms with Crippen LogP contribution in [0.15, 0.2) is 54.7 Å². The number of thiazole rings is 1. The molecule has 1 aromatic carbocycles. The molecule has 148 valence electrons. The van der Waals surface area contributed by atoms with Gasteiger partial charge in [-0.05, 0) is 17.7 Å². The van der Waals surface area contributed by atoms with E-state index in [0.29, 0.717) is 36.1 Å². The largest absolute Gasteiger partial charge is 0.336 e. The minimum Gasteiger partial charge on any atom is -0.336 e. The molecule has 0 spiro atoms. The molecular formula is C21H20N4O2S2. The molecule has 29 heavy (non-hydrogen) atoms. The molecule has 3 heterocycles. The maximum Gasteiger partial charge on any atom is 0.276 e. The summed E-state index contributed by atoms with van der Waals surface area (Å²) >= 11 is 3.06. The van der Waals surface area contributed by atoms with E-state index in [4.69, 9.17) is 0 Å². The maximum absolute atomic E-state index is 12.6. The van der Waals surface area contributed by atoms with Crippen molar-refractivity contribution in [3.63, 3.8) is 0 Å². The highest BCUT2D eigenvalue weighted by Crippen LogP contribution is 2.29. The molecule has 6 nitrogen and oxygen atoms in total. The van der Waals surface area contributed by atoms with Gasteiger partial charge < -0.3 is 4.90 Å². The lowest BCUT2D eigenvalue weighted by molar-refractivity contribution is -0.129. The molecule has 0 bridgehead atoms. The van der Waals surface area contributed by atoms with Crippen LogP contribution < -0.4 is 5.32 Å². The Hall–Kier alpha value is -2.71. The number of amides is 2. The Bertz CT molecular complexity index is 992. The van der Waals surface area contributed by atoms with Gasteiger partial charge in [0.05, 0.1) is 18.0 Å². The summed E-state index contributed by atoms with van der Waals surface area (Å²) in [7, 11) is 0. The molecule has 1 N–H and O–H groups in total. The zero-order valence-corrected chi connectivity index (χ0v) is 17.3. The van der Waals surface area contributed by atoms with Crippen LogP contribution in [-0.2, 0) is 23.5 Å². The fraction of sp³-hybridized carbons (Fsp3) is 0.238. The Labute approximate surface area is 177 Å². The molecule has 1 aliphatic rings. The van der Waals surface area contributed by atoms with Gasteiger partial charge in [-0.2, -0.15) is 0 Å². The van der Waals surface area contributed by atoms with E-state index in [2.05, 4.69) is 27.4 Å². The quantitative estimate of drug-likeness (QED) is 0.654. The summed E-state index contributed by atoms with van der Waals surface area (Å²) in [5.74, 6) is 1.16. The number of pyridine rings is 1. The van der Waals surface area contributed by atoms with E-state index in [9.17, 15) is 9.59 Å². The van der Waals surface area contributed by atoms with Crippen molar-refractivity contribution < 1.29 is 9.59 Å². The number of rotatable bonds is 6. The normalized spacial score (nSPS) is 13.0. The van der Waals surface area contributed by atoms with Gasteiger partial charge in [-0.3, -0.25) is 19.9 Å². The highest BCUT2D eigenvalue weighted by molar-refractivity contribution is 7.99. The van der Waals surface area contributed by atoms with Gasteiger partial charge in [-0.15, -0.1) is 11.8 Å². The van der Waals surface area contributed by atoms with Crippen molar-refractivity contribution in [2.45, 2.75) is 18.7 Å². The second-order valence-corrected chi connectivity index (χ2v) is 8.67. The Morgan fingerprint density at radius 2 is 1.97 bits per heavy atom. The summed E-state index contributed by atoms with van der Waals surface area (Å²) < 4.78 is 0. The van der Waals surface area contributed by atoms with Crippen molar-refractivity contribution in [2.75, 3.05) is 17.6 Å². The topological polar surface area (TPSA) is 75.2 Å². The fourth-order valence-corrected chi connectivity index (χ4v) is 4.95. The van der Waals surface area contributed by atoms with E-state index in [1.165, 1.54) is 16.9 Å². The lowest BCUT2D eigenvalue weighted by atomic mass is 10.2. The summed E-state index contributed by atoms with van der Waals surface area (Å²) in [5, 5.41) is 3.36. The minimum absolute atomic E-state index is 0.143. The molecule has 0 fully saturated rings. The van der Waals surface area contributed by atoms with Crippen LogP contribution in [0.4, 0.5) is 5.13 Å². The maximum atomic E-state index is 12.6. The van der Waals surface area contributed by atoms with Gasteiger partial charge in [0.1, 0.15) is 5.69 Å². The molecule has 0 radical (unpaired) electrons. The highest BCUT2D eigenvalue weighted by atomic mass is 32.2. The second-order valence-electron chi connectivity index (χ2n) is 6.60. The van der Waals surface area contributed by atoms with E-state index in [-0.39, 0.29) is 11.8 Å². The van der Waals surface area contributed by atoms with Crippen molar-refractivity contribution >= 4 is 40.0 Å². The Morgan fingerprint density at radius 1 is 1.14 bits per heavy atom. The third-order valence-electron chi connectivity index (χ3n) is 4.54. The van der Waals surface area contributed by atoms with Crippen molar-refractivity contribution in [1.82, 2.24) is 14.9 Å². The van der Waals surface area contributed by atoms with Crippen LogP contribution in [0.25, 0.3) is 0 Å². The molecule has 0 unspecified atom stereocenters. The van der Waals surface area contributed by atoms with E-state index < -0.39 is 0 Å². The molecule has 0 saturated heterocycles. The Kier molecular flexibility index (Phi) is 6.21. The number of carbonyl (C=O) groups excluding carboxylic acids is 2. The summed E-state index contributed by atoms with van der Waals surface area (Å²) in [6, 6.07) is 15.4. The van der Waals surface area contributed by atoms with Crippen molar-refractivity contribution in [3.8, 4) is 0 Å². The number of hydrogen-bond acceptors (Lipinski definition) is 6. The van der Waals surface area contributed by atoms with Gasteiger partial charge in [0.15, 0.2) is 5.13 Å². The van der Waals surface area contributed by atoms with Gasteiger partial charge in [0, 0.05) is 29.8 Å². The lowest BCUT2D eigenvalue weighted by Crippen LogP contribution is -2.36. The van der Waals surface area contributed by atoms with Gasteiger partial charge in [0.25, 0.3) is 5.91 Å². The number of thioether (sulfide) groups is 1. The monoisotopic (exact) mass is 424 g/mol. The first-order chi connectivity index (χ1) is 14.2. The fourth-order valence-electron chi connectivity index (χ4n) is 3.04. The number of aromatic nitrogens is 2. The van der Waals surface area contributed by atoms with Crippen LogP contribution in [0.5, 0.6) is 0 Å². The number of nitrogens with one attached hydrogen (secondary N) is 1. The van der Waals surface area contributed by atoms with Crippen LogP contribution in [0.2, 0.25) is 0 Å². The van der Waals surface area contributed by atoms with Gasteiger partial charge in [-0.1, -0.05) is 47.7 Å². The second kappa shape index (κ2) is 9.19. The van der Waals surface area contributed by atoms with Gasteiger partial charge in [-0.25, -0.2) is 4.98 Å². The third kappa shape index (κ3) is 5.02. The molecule has 4 rings (SSSR count). The standard InChI is InChI=1S/C21H20N4O2S2/c26-19(14-28-13-15-6-2-1-3-7-15)25-11-9-16-18(12-25)29-21(23-16)24-20(27)17-8-4-5-10-22-17/h1-8,10H,9,11-14H2,(H,23,24,27). The van der Waals surface area contributed by atoms with E-state index >= 15 is 0 Å². The predicted molar refractivity (Wildman–Crippen MR) is 116 cm³/mol. The number of nitrogens with zero attached hydrogens (tertiary/aromatic N) is 3. The van der Waals surface area contributed by atoms with Crippen LogP contribution in [0.3, 0.4) is 0 Å². The first kappa shape index (κ1) is 19.6. The summed E-state index contributed by atoms with van der Waals surface area (Å²) in [5.41, 5.74) is 2.54. The minimum atomic E-state index is -0.276. The van der Waals surface area contributed by atoms with Crippen LogP contribution in [0, 0.1) is 0 Å². The molecular weight excluding hydrogens is 404 g/mol. The molecule has 2 amide bonds. The molecule has 2 aromatic heterocycles. The number of hydrogen-bond donors (Lipinski definition) is 1. The Balaban J connectivity index is 1.31. The summed E-state index contributed by atoms with van der Waals surface area (Å²) in [6.45, 7) is 1.21. The first-order valence-corrected chi connectivity index (χ1v) is 11.3. The van der Waals surface area contributed by atoms with Crippen LogP contribution in [-0.4, -0.2) is 39.0 Å². The van der Waals surface area contributed by atoms with Crippen molar-refractivity contribution in [2.24, 2.45) is 0 Å². The molecule has 0 saturated carbocycles. The van der Waals surface area contributed by atoms with E-state index in [1.807, 2.05) is 23.1 Å². The molecule has 0 atom stereocenters. The SMILES string of the molecule is O=C(Nc1nc2c(s1)CN(C(=O)CSCc1ccccc1)CC2)c1ccccn1. The predicted octanol–water partition coefficient (Wildman–Crippen LogP) is 3.61. The molecule has 3 aromatic rings. The van der Waals surface area contributed by atoms with Crippen LogP contribution >= 0.6 is 23.1 Å². The smallest absolute Gasteiger partial charge is 0.276 e. The molecule has 1 aliphatic heterocycles.